The SMILES string of the molecule is CCCCS(=O)(=O)NCCN(C)S(=O)(=O)c1c(C)noc1C. The number of aryl methyl sites for hydroxylation is 2. The topological polar surface area (TPSA) is 110 Å². The first kappa shape index (κ1) is 19.1. The van der Waals surface area contributed by atoms with Gasteiger partial charge in [-0.05, 0) is 20.3 Å². The molecule has 0 radical (unpaired) electrons. The highest BCUT2D eigenvalue weighted by atomic mass is 32.2. The molecule has 1 heterocycles. The number of hydrogen-bond donors (Lipinski definition) is 1. The lowest BCUT2D eigenvalue weighted by molar-refractivity contribution is 0.389. The first-order valence-electron chi connectivity index (χ1n) is 6.98. The molecule has 0 fully saturated rings. The van der Waals surface area contributed by atoms with E-state index in [2.05, 4.69) is 9.88 Å². The summed E-state index contributed by atoms with van der Waals surface area (Å²) in [4.78, 5) is 0.0313. The molecule has 0 aliphatic carbocycles. The molecule has 8 nitrogen and oxygen atoms in total. The fourth-order valence-corrected chi connectivity index (χ4v) is 4.55. The first-order chi connectivity index (χ1) is 10.1. The van der Waals surface area contributed by atoms with E-state index in [4.69, 9.17) is 4.52 Å². The summed E-state index contributed by atoms with van der Waals surface area (Å²) in [6.45, 7) is 5.02. The van der Waals surface area contributed by atoms with Crippen LogP contribution in [-0.4, -0.2) is 52.2 Å². The van der Waals surface area contributed by atoms with E-state index < -0.39 is 20.0 Å². The third-order valence-electron chi connectivity index (χ3n) is 3.15. The van der Waals surface area contributed by atoms with E-state index in [0.717, 1.165) is 10.7 Å². The molecule has 0 saturated carbocycles. The monoisotopic (exact) mass is 353 g/mol. The maximum Gasteiger partial charge on any atom is 0.248 e. The van der Waals surface area contributed by atoms with Gasteiger partial charge in [-0.1, -0.05) is 18.5 Å². The minimum atomic E-state index is -3.75. The van der Waals surface area contributed by atoms with Gasteiger partial charge in [-0.3, -0.25) is 0 Å². The molecule has 1 aromatic rings. The highest BCUT2D eigenvalue weighted by Gasteiger charge is 2.28. The quantitative estimate of drug-likeness (QED) is 0.697. The van der Waals surface area contributed by atoms with Gasteiger partial charge < -0.3 is 4.52 Å². The van der Waals surface area contributed by atoms with Gasteiger partial charge in [0, 0.05) is 20.1 Å². The van der Waals surface area contributed by atoms with Gasteiger partial charge in [0.2, 0.25) is 20.0 Å². The van der Waals surface area contributed by atoms with Crippen molar-refractivity contribution in [3.8, 4) is 0 Å². The van der Waals surface area contributed by atoms with Crippen LogP contribution >= 0.6 is 0 Å². The van der Waals surface area contributed by atoms with Crippen LogP contribution in [-0.2, 0) is 20.0 Å². The summed E-state index contributed by atoms with van der Waals surface area (Å²) >= 11 is 0. The molecule has 0 unspecified atom stereocenters. The average molecular weight is 353 g/mol. The maximum absolute atomic E-state index is 12.4. The summed E-state index contributed by atoms with van der Waals surface area (Å²) in [5.74, 6) is 0.261. The lowest BCUT2D eigenvalue weighted by atomic mass is 10.4. The van der Waals surface area contributed by atoms with Gasteiger partial charge in [0.15, 0.2) is 5.76 Å². The van der Waals surface area contributed by atoms with Gasteiger partial charge in [0.25, 0.3) is 0 Å². The van der Waals surface area contributed by atoms with Crippen molar-refractivity contribution in [2.45, 2.75) is 38.5 Å². The van der Waals surface area contributed by atoms with Gasteiger partial charge in [0.1, 0.15) is 10.6 Å². The van der Waals surface area contributed by atoms with Crippen molar-refractivity contribution in [1.82, 2.24) is 14.2 Å². The van der Waals surface area contributed by atoms with E-state index in [1.165, 1.54) is 14.0 Å². The number of likely N-dealkylation sites (N-methyl/N-ethyl adjacent to an activating group) is 1. The Hall–Kier alpha value is -0.970. The zero-order valence-corrected chi connectivity index (χ0v) is 14.9. The van der Waals surface area contributed by atoms with Crippen molar-refractivity contribution < 1.29 is 21.4 Å². The Morgan fingerprint density at radius 2 is 1.86 bits per heavy atom. The van der Waals surface area contributed by atoms with Crippen molar-refractivity contribution in [1.29, 1.82) is 0 Å². The molecule has 0 atom stereocenters. The number of hydrogen-bond acceptors (Lipinski definition) is 6. The molecule has 0 bridgehead atoms. The second-order valence-electron chi connectivity index (χ2n) is 5.05. The van der Waals surface area contributed by atoms with Gasteiger partial charge >= 0.3 is 0 Å². The van der Waals surface area contributed by atoms with Crippen LogP contribution in [0.25, 0.3) is 0 Å². The third kappa shape index (κ3) is 4.77. The van der Waals surface area contributed by atoms with E-state index in [-0.39, 0.29) is 35.2 Å². The predicted octanol–water partition coefficient (Wildman–Crippen LogP) is 0.631. The Kier molecular flexibility index (Phi) is 6.53. The van der Waals surface area contributed by atoms with Crippen LogP contribution < -0.4 is 4.72 Å². The summed E-state index contributed by atoms with van der Waals surface area (Å²) in [7, 11) is -5.72. The van der Waals surface area contributed by atoms with Crippen molar-refractivity contribution in [2.24, 2.45) is 0 Å². The normalized spacial score (nSPS) is 13.0. The fourth-order valence-electron chi connectivity index (χ4n) is 1.88. The van der Waals surface area contributed by atoms with E-state index in [1.54, 1.807) is 6.92 Å². The zero-order valence-electron chi connectivity index (χ0n) is 13.3. The molecule has 1 N–H and O–H groups in total. The van der Waals surface area contributed by atoms with Crippen LogP contribution in [0.4, 0.5) is 0 Å². The molecular weight excluding hydrogens is 330 g/mol. The fraction of sp³-hybridized carbons (Fsp3) is 0.750. The third-order valence-corrected chi connectivity index (χ3v) is 6.72. The molecule has 0 spiro atoms. The van der Waals surface area contributed by atoms with E-state index >= 15 is 0 Å². The van der Waals surface area contributed by atoms with Crippen LogP contribution in [0, 0.1) is 13.8 Å². The summed E-state index contributed by atoms with van der Waals surface area (Å²) in [6.07, 6.45) is 1.35. The molecule has 0 aliphatic rings. The van der Waals surface area contributed by atoms with Crippen LogP contribution in [0.15, 0.2) is 9.42 Å². The first-order valence-corrected chi connectivity index (χ1v) is 10.1. The van der Waals surface area contributed by atoms with Gasteiger partial charge in [-0.2, -0.15) is 4.31 Å². The summed E-state index contributed by atoms with van der Waals surface area (Å²) in [5.41, 5.74) is 0.285. The molecule has 1 rings (SSSR count). The molecule has 1 aromatic heterocycles. The van der Waals surface area contributed by atoms with Crippen molar-refractivity contribution >= 4 is 20.0 Å². The number of rotatable bonds is 9. The Bertz CT molecular complexity index is 675. The summed E-state index contributed by atoms with van der Waals surface area (Å²) in [6, 6.07) is 0. The lowest BCUT2D eigenvalue weighted by Crippen LogP contribution is -2.37. The van der Waals surface area contributed by atoms with Crippen LogP contribution in [0.3, 0.4) is 0 Å². The van der Waals surface area contributed by atoms with Gasteiger partial charge in [-0.25, -0.2) is 21.6 Å². The molecule has 0 aromatic carbocycles. The van der Waals surface area contributed by atoms with Crippen LogP contribution in [0.2, 0.25) is 0 Å². The number of unbranched alkanes of at least 4 members (excludes halogenated alkanes) is 1. The number of nitrogens with one attached hydrogen (secondary N) is 1. The lowest BCUT2D eigenvalue weighted by Gasteiger charge is -2.17. The summed E-state index contributed by atoms with van der Waals surface area (Å²) < 4.78 is 56.5. The second kappa shape index (κ2) is 7.53. The summed E-state index contributed by atoms with van der Waals surface area (Å²) in [5, 5.41) is 3.63. The van der Waals surface area contributed by atoms with E-state index in [9.17, 15) is 16.8 Å². The number of aromatic nitrogens is 1. The molecular formula is C12H23N3O5S2. The predicted molar refractivity (Wildman–Crippen MR) is 82.5 cm³/mol. The van der Waals surface area contributed by atoms with Gasteiger partial charge in [0.05, 0.1) is 5.75 Å². The smallest absolute Gasteiger partial charge is 0.248 e. The molecule has 0 aliphatic heterocycles. The number of sulfonamides is 2. The molecule has 10 heteroatoms. The average Bonchev–Trinajstić information content (AvgIpc) is 2.76. The number of nitrogens with zero attached hydrogens (tertiary/aromatic N) is 2. The van der Waals surface area contributed by atoms with Gasteiger partial charge in [-0.15, -0.1) is 0 Å². The zero-order chi connectivity index (χ0) is 17.0. The minimum absolute atomic E-state index is 0.0190. The van der Waals surface area contributed by atoms with Crippen LogP contribution in [0.5, 0.6) is 0 Å². The Morgan fingerprint density at radius 3 is 2.36 bits per heavy atom. The maximum atomic E-state index is 12.4. The molecule has 128 valence electrons. The Balaban J connectivity index is 2.68. The van der Waals surface area contributed by atoms with Crippen LogP contribution in [0.1, 0.15) is 31.2 Å². The standard InChI is InChI=1S/C12H23N3O5S2/c1-5-6-9-21(16,17)13-7-8-15(4)22(18,19)12-10(2)14-20-11(12)3/h13H,5-9H2,1-4H3. The van der Waals surface area contributed by atoms with Crippen molar-refractivity contribution in [2.75, 3.05) is 25.9 Å². The Morgan fingerprint density at radius 1 is 1.23 bits per heavy atom. The Labute approximate surface area is 132 Å². The molecule has 0 saturated heterocycles. The highest BCUT2D eigenvalue weighted by molar-refractivity contribution is 7.89. The van der Waals surface area contributed by atoms with Crippen molar-refractivity contribution in [3.63, 3.8) is 0 Å². The molecule has 22 heavy (non-hydrogen) atoms. The largest absolute Gasteiger partial charge is 0.360 e. The second-order valence-corrected chi connectivity index (χ2v) is 8.95. The van der Waals surface area contributed by atoms with Crippen molar-refractivity contribution in [3.05, 3.63) is 11.5 Å². The van der Waals surface area contributed by atoms with E-state index in [0.29, 0.717) is 6.42 Å². The minimum Gasteiger partial charge on any atom is -0.360 e. The van der Waals surface area contributed by atoms with E-state index in [1.807, 2.05) is 6.92 Å². The highest BCUT2D eigenvalue weighted by Crippen LogP contribution is 2.21. The molecule has 0 amide bonds.